The number of carbonyl (C=O) groups is 1. The van der Waals surface area contributed by atoms with Gasteiger partial charge in [-0.3, -0.25) is 9.69 Å². The Balaban J connectivity index is 1.95. The van der Waals surface area contributed by atoms with E-state index in [4.69, 9.17) is 0 Å². The molecule has 1 aromatic carbocycles. The number of aliphatic imine (C=N–C) groups is 1. The van der Waals surface area contributed by atoms with Crippen LogP contribution >= 0.6 is 0 Å². The van der Waals surface area contributed by atoms with E-state index in [1.807, 2.05) is 0 Å². The van der Waals surface area contributed by atoms with Crippen LogP contribution in [-0.4, -0.2) is 79.9 Å². The lowest BCUT2D eigenvalue weighted by Gasteiger charge is -2.36. The van der Waals surface area contributed by atoms with Gasteiger partial charge in [-0.2, -0.15) is 13.2 Å². The molecule has 1 aliphatic rings. The first-order chi connectivity index (χ1) is 13.7. The normalized spacial score (nSPS) is 16.1. The Hall–Kier alpha value is -2.29. The lowest BCUT2D eigenvalue weighted by Crippen LogP contribution is -2.52. The van der Waals surface area contributed by atoms with E-state index in [1.54, 1.807) is 20.2 Å². The maximum atomic E-state index is 12.9. The largest absolute Gasteiger partial charge is 0.416 e. The topological polar surface area (TPSA) is 51.2 Å². The van der Waals surface area contributed by atoms with Crippen molar-refractivity contribution in [1.82, 2.24) is 20.0 Å². The summed E-state index contributed by atoms with van der Waals surface area (Å²) >= 11 is 0. The second kappa shape index (κ2) is 10.5. The van der Waals surface area contributed by atoms with Crippen molar-refractivity contribution in [2.24, 2.45) is 4.99 Å². The molecule has 1 N–H and O–H groups in total. The number of rotatable bonds is 6. The molecule has 0 aliphatic carbocycles. The van der Waals surface area contributed by atoms with E-state index in [1.165, 1.54) is 17.0 Å². The van der Waals surface area contributed by atoms with Crippen LogP contribution in [0.5, 0.6) is 0 Å². The van der Waals surface area contributed by atoms with Crippen LogP contribution in [0.3, 0.4) is 0 Å². The summed E-state index contributed by atoms with van der Waals surface area (Å²) < 4.78 is 38.7. The van der Waals surface area contributed by atoms with E-state index in [0.29, 0.717) is 44.2 Å². The molecule has 0 bridgehead atoms. The van der Waals surface area contributed by atoms with Gasteiger partial charge in [0.25, 0.3) is 0 Å². The Morgan fingerprint density at radius 1 is 1.21 bits per heavy atom. The Labute approximate surface area is 170 Å². The fraction of sp³-hybridized carbons (Fsp3) is 0.600. The van der Waals surface area contributed by atoms with Crippen LogP contribution in [0.25, 0.3) is 0 Å². The Bertz CT molecular complexity index is 698. The fourth-order valence-electron chi connectivity index (χ4n) is 3.01. The number of halogens is 3. The summed E-state index contributed by atoms with van der Waals surface area (Å²) in [5.74, 6) is 0.643. The highest BCUT2D eigenvalue weighted by molar-refractivity contribution is 5.84. The van der Waals surface area contributed by atoms with Gasteiger partial charge in [0.2, 0.25) is 5.91 Å². The summed E-state index contributed by atoms with van der Waals surface area (Å²) in [6.45, 7) is 6.21. The van der Waals surface area contributed by atoms with Crippen LogP contribution in [-0.2, 0) is 17.5 Å². The van der Waals surface area contributed by atoms with Gasteiger partial charge >= 0.3 is 6.18 Å². The molecule has 1 amide bonds. The quantitative estimate of drug-likeness (QED) is 0.574. The molecule has 1 heterocycles. The SMILES string of the molecule is CCCNC(=NCC(=O)N(C)C)N1CCN(Cc2cccc(C(F)(F)F)c2)CC1. The predicted octanol–water partition coefficient (Wildman–Crippen LogP) is 2.27. The summed E-state index contributed by atoms with van der Waals surface area (Å²) in [5, 5.41) is 3.28. The highest BCUT2D eigenvalue weighted by Gasteiger charge is 2.30. The molecule has 0 saturated carbocycles. The number of hydrogen-bond donors (Lipinski definition) is 1. The molecular formula is C20H30F3N5O. The molecule has 162 valence electrons. The molecule has 29 heavy (non-hydrogen) atoms. The number of likely N-dealkylation sites (N-methyl/N-ethyl adjacent to an activating group) is 1. The maximum absolute atomic E-state index is 12.9. The average Bonchev–Trinajstić information content (AvgIpc) is 2.68. The minimum atomic E-state index is -4.32. The molecule has 0 aromatic heterocycles. The van der Waals surface area contributed by atoms with Crippen molar-refractivity contribution in [3.8, 4) is 0 Å². The highest BCUT2D eigenvalue weighted by Crippen LogP contribution is 2.29. The van der Waals surface area contributed by atoms with Crippen molar-refractivity contribution in [2.45, 2.75) is 26.1 Å². The summed E-state index contributed by atoms with van der Waals surface area (Å²) in [5.41, 5.74) is 0.0419. The van der Waals surface area contributed by atoms with Gasteiger partial charge in [0.15, 0.2) is 5.96 Å². The number of piperazine rings is 1. The number of hydrogen-bond acceptors (Lipinski definition) is 3. The first-order valence-corrected chi connectivity index (χ1v) is 9.82. The van der Waals surface area contributed by atoms with Crippen molar-refractivity contribution < 1.29 is 18.0 Å². The Morgan fingerprint density at radius 3 is 2.48 bits per heavy atom. The van der Waals surface area contributed by atoms with Gasteiger partial charge in [-0.1, -0.05) is 25.1 Å². The maximum Gasteiger partial charge on any atom is 0.416 e. The number of benzene rings is 1. The third-order valence-corrected chi connectivity index (χ3v) is 4.73. The molecule has 0 radical (unpaired) electrons. The molecule has 0 atom stereocenters. The highest BCUT2D eigenvalue weighted by atomic mass is 19.4. The average molecular weight is 413 g/mol. The van der Waals surface area contributed by atoms with E-state index in [2.05, 4.69) is 27.0 Å². The zero-order valence-electron chi connectivity index (χ0n) is 17.3. The number of guanidine groups is 1. The zero-order valence-corrected chi connectivity index (χ0v) is 17.3. The summed E-state index contributed by atoms with van der Waals surface area (Å²) in [7, 11) is 3.40. The minimum Gasteiger partial charge on any atom is -0.356 e. The summed E-state index contributed by atoms with van der Waals surface area (Å²) in [4.78, 5) is 22.0. The van der Waals surface area contributed by atoms with Crippen LogP contribution in [0, 0.1) is 0 Å². The van der Waals surface area contributed by atoms with Crippen molar-refractivity contribution in [2.75, 3.05) is 53.4 Å². The van der Waals surface area contributed by atoms with E-state index >= 15 is 0 Å². The van der Waals surface area contributed by atoms with Crippen molar-refractivity contribution >= 4 is 11.9 Å². The minimum absolute atomic E-state index is 0.0658. The lowest BCUT2D eigenvalue weighted by molar-refractivity contribution is -0.137. The number of amides is 1. The summed E-state index contributed by atoms with van der Waals surface area (Å²) in [6, 6.07) is 5.49. The van der Waals surface area contributed by atoms with Crippen molar-refractivity contribution in [3.63, 3.8) is 0 Å². The van der Waals surface area contributed by atoms with Gasteiger partial charge in [0, 0.05) is 53.4 Å². The molecule has 1 aromatic rings. The molecule has 9 heteroatoms. The van der Waals surface area contributed by atoms with E-state index in [-0.39, 0.29) is 12.5 Å². The van der Waals surface area contributed by atoms with Gasteiger partial charge in [0.05, 0.1) is 5.56 Å². The Morgan fingerprint density at radius 2 is 1.90 bits per heavy atom. The smallest absolute Gasteiger partial charge is 0.356 e. The number of nitrogens with one attached hydrogen (secondary N) is 1. The molecule has 1 saturated heterocycles. The van der Waals surface area contributed by atoms with Crippen LogP contribution in [0.4, 0.5) is 13.2 Å². The number of nitrogens with zero attached hydrogens (tertiary/aromatic N) is 4. The third kappa shape index (κ3) is 7.23. The first-order valence-electron chi connectivity index (χ1n) is 9.82. The summed E-state index contributed by atoms with van der Waals surface area (Å²) in [6.07, 6.45) is -3.38. The van der Waals surface area contributed by atoms with Crippen molar-refractivity contribution in [1.29, 1.82) is 0 Å². The molecule has 1 aliphatic heterocycles. The van der Waals surface area contributed by atoms with Crippen LogP contribution < -0.4 is 5.32 Å². The molecule has 0 spiro atoms. The van der Waals surface area contributed by atoms with Crippen LogP contribution in [0.1, 0.15) is 24.5 Å². The van der Waals surface area contributed by atoms with E-state index in [0.717, 1.165) is 19.0 Å². The monoisotopic (exact) mass is 413 g/mol. The van der Waals surface area contributed by atoms with Crippen LogP contribution in [0.2, 0.25) is 0 Å². The van der Waals surface area contributed by atoms with Gasteiger partial charge in [-0.15, -0.1) is 0 Å². The Kier molecular flexibility index (Phi) is 8.31. The molecule has 0 unspecified atom stereocenters. The van der Waals surface area contributed by atoms with Crippen LogP contribution in [0.15, 0.2) is 29.3 Å². The number of carbonyl (C=O) groups excluding carboxylic acids is 1. The van der Waals surface area contributed by atoms with Gasteiger partial charge in [0.1, 0.15) is 6.54 Å². The lowest BCUT2D eigenvalue weighted by atomic mass is 10.1. The molecular weight excluding hydrogens is 383 g/mol. The molecule has 6 nitrogen and oxygen atoms in total. The van der Waals surface area contributed by atoms with Gasteiger partial charge < -0.3 is 15.1 Å². The first kappa shape index (κ1) is 23.0. The molecule has 2 rings (SSSR count). The number of alkyl halides is 3. The van der Waals surface area contributed by atoms with E-state index in [9.17, 15) is 18.0 Å². The second-order valence-corrected chi connectivity index (χ2v) is 7.32. The predicted molar refractivity (Wildman–Crippen MR) is 108 cm³/mol. The standard InChI is InChI=1S/C20H30F3N5O/c1-4-8-24-19(25-14-18(29)26(2)3)28-11-9-27(10-12-28)15-16-6-5-7-17(13-16)20(21,22)23/h5-7,13H,4,8-12,14-15H2,1-3H3,(H,24,25). The molecule has 1 fully saturated rings. The second-order valence-electron chi connectivity index (χ2n) is 7.32. The fourth-order valence-corrected chi connectivity index (χ4v) is 3.01. The van der Waals surface area contributed by atoms with E-state index < -0.39 is 11.7 Å². The van der Waals surface area contributed by atoms with Gasteiger partial charge in [-0.25, -0.2) is 4.99 Å². The van der Waals surface area contributed by atoms with Gasteiger partial charge in [-0.05, 0) is 18.1 Å². The van der Waals surface area contributed by atoms with Crippen molar-refractivity contribution in [3.05, 3.63) is 35.4 Å². The third-order valence-electron chi connectivity index (χ3n) is 4.73. The zero-order chi connectivity index (χ0) is 21.4.